The molecule has 0 aliphatic carbocycles. The van der Waals surface area contributed by atoms with Gasteiger partial charge < -0.3 is 4.42 Å². The van der Waals surface area contributed by atoms with Crippen LogP contribution >= 0.6 is 12.4 Å². The predicted octanol–water partition coefficient (Wildman–Crippen LogP) is 1.80. The van der Waals surface area contributed by atoms with Gasteiger partial charge in [0.25, 0.3) is 0 Å². The van der Waals surface area contributed by atoms with Crippen molar-refractivity contribution in [3.8, 4) is 0 Å². The number of aromatic nitrogens is 1. The highest BCUT2D eigenvalue weighted by atomic mass is 35.5. The molecular formula is C14H15ClN3O2+. The lowest BCUT2D eigenvalue weighted by molar-refractivity contribution is -0.684. The number of hydrogen-bond acceptors (Lipinski definition) is 3. The summed E-state index contributed by atoms with van der Waals surface area (Å²) in [5.41, 5.74) is 2.44. The van der Waals surface area contributed by atoms with Gasteiger partial charge in [-0.2, -0.15) is 9.67 Å². The highest BCUT2D eigenvalue weighted by Gasteiger charge is 2.05. The third-order valence-corrected chi connectivity index (χ3v) is 2.26. The SMILES string of the molecule is Cl.O=C(C[n+]1ccccc1)N/N=C/C=C/c1ccco1. The van der Waals surface area contributed by atoms with Gasteiger partial charge in [0.2, 0.25) is 6.54 Å². The maximum absolute atomic E-state index is 11.5. The van der Waals surface area contributed by atoms with E-state index < -0.39 is 0 Å². The van der Waals surface area contributed by atoms with Gasteiger partial charge in [-0.1, -0.05) is 6.07 Å². The predicted molar refractivity (Wildman–Crippen MR) is 78.3 cm³/mol. The molecule has 0 radical (unpaired) electrons. The monoisotopic (exact) mass is 292 g/mol. The van der Waals surface area contributed by atoms with Crippen LogP contribution < -0.4 is 9.99 Å². The van der Waals surface area contributed by atoms with E-state index in [2.05, 4.69) is 10.5 Å². The Morgan fingerprint density at radius 2 is 2.10 bits per heavy atom. The minimum atomic E-state index is -0.182. The molecule has 1 amide bonds. The number of hydrogen-bond donors (Lipinski definition) is 1. The number of halogens is 1. The molecule has 0 fully saturated rings. The van der Waals surface area contributed by atoms with Crippen LogP contribution in [0.2, 0.25) is 0 Å². The zero-order valence-electron chi connectivity index (χ0n) is 10.7. The number of furan rings is 1. The van der Waals surface area contributed by atoms with Crippen LogP contribution in [0.15, 0.2) is 64.6 Å². The third-order valence-electron chi connectivity index (χ3n) is 2.26. The first-order chi connectivity index (χ1) is 9.34. The van der Waals surface area contributed by atoms with Crippen molar-refractivity contribution in [2.24, 2.45) is 5.10 Å². The van der Waals surface area contributed by atoms with Crippen molar-refractivity contribution in [1.82, 2.24) is 5.43 Å². The van der Waals surface area contributed by atoms with Gasteiger partial charge in [0.05, 0.1) is 6.26 Å². The van der Waals surface area contributed by atoms with Crippen molar-refractivity contribution in [2.45, 2.75) is 6.54 Å². The van der Waals surface area contributed by atoms with Crippen molar-refractivity contribution in [3.63, 3.8) is 0 Å². The Kier molecular flexibility index (Phi) is 6.78. The second-order valence-corrected chi connectivity index (χ2v) is 3.74. The molecule has 20 heavy (non-hydrogen) atoms. The molecule has 104 valence electrons. The van der Waals surface area contributed by atoms with Gasteiger partial charge >= 0.3 is 5.91 Å². The molecule has 2 rings (SSSR count). The van der Waals surface area contributed by atoms with Crippen molar-refractivity contribution in [2.75, 3.05) is 0 Å². The minimum absolute atomic E-state index is 0. The first-order valence-corrected chi connectivity index (χ1v) is 5.81. The summed E-state index contributed by atoms with van der Waals surface area (Å²) in [7, 11) is 0. The first kappa shape index (κ1) is 15.7. The highest BCUT2D eigenvalue weighted by molar-refractivity contribution is 5.85. The van der Waals surface area contributed by atoms with E-state index in [4.69, 9.17) is 4.42 Å². The Morgan fingerprint density at radius 3 is 2.80 bits per heavy atom. The molecule has 1 N–H and O–H groups in total. The Morgan fingerprint density at radius 1 is 1.30 bits per heavy atom. The normalized spacial score (nSPS) is 10.6. The smallest absolute Gasteiger partial charge is 0.305 e. The average molecular weight is 293 g/mol. The third kappa shape index (κ3) is 5.49. The van der Waals surface area contributed by atoms with Crippen LogP contribution in [-0.2, 0) is 11.3 Å². The zero-order chi connectivity index (χ0) is 13.3. The van der Waals surface area contributed by atoms with E-state index in [0.29, 0.717) is 0 Å². The molecule has 5 nitrogen and oxygen atoms in total. The van der Waals surface area contributed by atoms with Crippen molar-refractivity contribution < 1.29 is 13.8 Å². The van der Waals surface area contributed by atoms with E-state index in [0.717, 1.165) is 5.76 Å². The molecular weight excluding hydrogens is 278 g/mol. The summed E-state index contributed by atoms with van der Waals surface area (Å²) < 4.78 is 6.87. The Bertz CT molecular complexity index is 565. The van der Waals surface area contributed by atoms with Crippen LogP contribution in [0.1, 0.15) is 5.76 Å². The van der Waals surface area contributed by atoms with Gasteiger partial charge in [0.1, 0.15) is 5.76 Å². The summed E-state index contributed by atoms with van der Waals surface area (Å²) >= 11 is 0. The van der Waals surface area contributed by atoms with Crippen molar-refractivity contribution in [1.29, 1.82) is 0 Å². The summed E-state index contributed by atoms with van der Waals surface area (Å²) in [6.45, 7) is 0.236. The molecule has 2 aromatic rings. The molecule has 0 aromatic carbocycles. The number of nitrogens with zero attached hydrogens (tertiary/aromatic N) is 2. The Balaban J connectivity index is 0.00000200. The molecule has 0 atom stereocenters. The largest absolute Gasteiger partial charge is 0.465 e. The lowest BCUT2D eigenvalue weighted by Crippen LogP contribution is -2.40. The fourth-order valence-electron chi connectivity index (χ4n) is 1.42. The number of nitrogens with one attached hydrogen (secondary N) is 1. The van der Waals surface area contributed by atoms with Crippen LogP contribution in [0.4, 0.5) is 0 Å². The molecule has 0 spiro atoms. The Hall–Kier alpha value is -2.40. The van der Waals surface area contributed by atoms with E-state index in [1.54, 1.807) is 29.0 Å². The van der Waals surface area contributed by atoms with E-state index in [1.807, 2.05) is 36.7 Å². The van der Waals surface area contributed by atoms with Crippen molar-refractivity contribution in [3.05, 3.63) is 60.8 Å². The maximum Gasteiger partial charge on any atom is 0.305 e. The molecule has 2 heterocycles. The maximum atomic E-state index is 11.5. The van der Waals surface area contributed by atoms with Crippen LogP contribution in [-0.4, -0.2) is 12.1 Å². The molecule has 0 aliphatic rings. The first-order valence-electron chi connectivity index (χ1n) is 5.81. The molecule has 0 bridgehead atoms. The number of carbonyl (C=O) groups is 1. The summed E-state index contributed by atoms with van der Waals surface area (Å²) in [5.74, 6) is 0.552. The number of pyridine rings is 1. The summed E-state index contributed by atoms with van der Waals surface area (Å²) in [5, 5.41) is 3.80. The molecule has 0 saturated heterocycles. The fourth-order valence-corrected chi connectivity index (χ4v) is 1.42. The topological polar surface area (TPSA) is 58.5 Å². The van der Waals surface area contributed by atoms with Gasteiger partial charge in [-0.05, 0) is 24.3 Å². The molecule has 2 aromatic heterocycles. The highest BCUT2D eigenvalue weighted by Crippen LogP contribution is 2.00. The van der Waals surface area contributed by atoms with Gasteiger partial charge in [-0.3, -0.25) is 4.79 Å². The quantitative estimate of drug-likeness (QED) is 0.519. The second kappa shape index (κ2) is 8.66. The Labute approximate surface area is 123 Å². The van der Waals surface area contributed by atoms with Crippen LogP contribution in [0, 0.1) is 0 Å². The van der Waals surface area contributed by atoms with Gasteiger partial charge in [-0.25, -0.2) is 5.43 Å². The number of rotatable bonds is 5. The lowest BCUT2D eigenvalue weighted by atomic mass is 10.4. The fraction of sp³-hybridized carbons (Fsp3) is 0.0714. The number of allylic oxidation sites excluding steroid dienone is 1. The second-order valence-electron chi connectivity index (χ2n) is 3.74. The van der Waals surface area contributed by atoms with Gasteiger partial charge in [0.15, 0.2) is 12.4 Å². The van der Waals surface area contributed by atoms with Gasteiger partial charge in [-0.15, -0.1) is 12.4 Å². The zero-order valence-corrected chi connectivity index (χ0v) is 11.5. The summed E-state index contributed by atoms with van der Waals surface area (Å²) in [6, 6.07) is 9.25. The summed E-state index contributed by atoms with van der Waals surface area (Å²) in [6.07, 6.45) is 10.2. The number of carbonyl (C=O) groups excluding carboxylic acids is 1. The van der Waals surface area contributed by atoms with Crippen LogP contribution in [0.5, 0.6) is 0 Å². The average Bonchev–Trinajstić information content (AvgIpc) is 2.92. The lowest BCUT2D eigenvalue weighted by Gasteiger charge is -1.95. The van der Waals surface area contributed by atoms with E-state index in [1.165, 1.54) is 6.21 Å². The standard InChI is InChI=1S/C14H13N3O2.ClH/c18-14(12-17-9-2-1-3-10-17)16-15-8-4-6-13-7-5-11-19-13;/h1-11H,12H2;1H/p+1/b6-4+,15-8+;. The van der Waals surface area contributed by atoms with Crippen molar-refractivity contribution >= 4 is 30.6 Å². The molecule has 6 heteroatoms. The van der Waals surface area contributed by atoms with Gasteiger partial charge in [0, 0.05) is 18.3 Å². The number of hydrazone groups is 1. The van der Waals surface area contributed by atoms with Crippen LogP contribution in [0.25, 0.3) is 6.08 Å². The molecule has 0 aliphatic heterocycles. The molecule has 0 saturated carbocycles. The van der Waals surface area contributed by atoms with E-state index >= 15 is 0 Å². The molecule has 0 unspecified atom stereocenters. The van der Waals surface area contributed by atoms with E-state index in [-0.39, 0.29) is 24.9 Å². The minimum Gasteiger partial charge on any atom is -0.465 e. The summed E-state index contributed by atoms with van der Waals surface area (Å²) in [4.78, 5) is 11.5. The number of amides is 1. The van der Waals surface area contributed by atoms with E-state index in [9.17, 15) is 4.79 Å². The van der Waals surface area contributed by atoms with Crippen LogP contribution in [0.3, 0.4) is 0 Å².